The Bertz CT molecular complexity index is 229. The second-order valence-corrected chi connectivity index (χ2v) is 6.24. The van der Waals surface area contributed by atoms with Gasteiger partial charge in [0.05, 0.1) is 6.61 Å². The maximum Gasteiger partial charge on any atom is 0.0531 e. The Morgan fingerprint density at radius 2 is 2.00 bits per heavy atom. The minimum absolute atomic E-state index is 0.413. The van der Waals surface area contributed by atoms with Crippen molar-refractivity contribution in [1.82, 2.24) is 10.2 Å². The third-order valence-corrected chi connectivity index (χ3v) is 4.52. The zero-order valence-corrected chi connectivity index (χ0v) is 12.2. The fourth-order valence-corrected chi connectivity index (χ4v) is 3.23. The lowest BCUT2D eigenvalue weighted by Crippen LogP contribution is -2.48. The van der Waals surface area contributed by atoms with Crippen LogP contribution in [0, 0.1) is 5.41 Å². The minimum atomic E-state index is 0.413. The molecule has 1 saturated heterocycles. The van der Waals surface area contributed by atoms with Crippen molar-refractivity contribution in [3.63, 3.8) is 0 Å². The highest BCUT2D eigenvalue weighted by atomic mass is 16.5. The first kappa shape index (κ1) is 14.3. The van der Waals surface area contributed by atoms with Gasteiger partial charge in [0.15, 0.2) is 0 Å². The summed E-state index contributed by atoms with van der Waals surface area (Å²) in [6.45, 7) is 8.10. The van der Waals surface area contributed by atoms with E-state index in [1.165, 1.54) is 51.6 Å². The van der Waals surface area contributed by atoms with Crippen LogP contribution in [0.2, 0.25) is 0 Å². The Morgan fingerprint density at radius 3 is 2.56 bits per heavy atom. The highest BCUT2D eigenvalue weighted by molar-refractivity contribution is 4.92. The maximum atomic E-state index is 5.54. The van der Waals surface area contributed by atoms with Crippen molar-refractivity contribution >= 4 is 0 Å². The highest BCUT2D eigenvalue weighted by Gasteiger charge is 2.38. The molecule has 0 amide bonds. The number of hydrogen-bond acceptors (Lipinski definition) is 3. The molecule has 2 aliphatic rings. The van der Waals surface area contributed by atoms with Crippen LogP contribution in [0.3, 0.4) is 0 Å². The fraction of sp³-hybridized carbons (Fsp3) is 1.00. The summed E-state index contributed by atoms with van der Waals surface area (Å²) in [6, 6.07) is 0.889. The smallest absolute Gasteiger partial charge is 0.0531 e. The van der Waals surface area contributed by atoms with E-state index in [1.54, 1.807) is 0 Å². The fourth-order valence-electron chi connectivity index (χ4n) is 3.23. The van der Waals surface area contributed by atoms with E-state index in [4.69, 9.17) is 4.74 Å². The van der Waals surface area contributed by atoms with Crippen molar-refractivity contribution in [2.75, 3.05) is 39.9 Å². The molecule has 0 unspecified atom stereocenters. The number of piperidine rings is 1. The molecule has 0 aromatic rings. The van der Waals surface area contributed by atoms with E-state index in [2.05, 4.69) is 17.1 Å². The summed E-state index contributed by atoms with van der Waals surface area (Å²) < 4.78 is 5.54. The van der Waals surface area contributed by atoms with E-state index in [1.807, 2.05) is 7.11 Å². The van der Waals surface area contributed by atoms with Gasteiger partial charge in [-0.3, -0.25) is 4.90 Å². The van der Waals surface area contributed by atoms with E-state index in [0.29, 0.717) is 5.41 Å². The predicted octanol–water partition coefficient (Wildman–Crippen LogP) is 2.27. The van der Waals surface area contributed by atoms with Crippen LogP contribution in [0.1, 0.15) is 45.4 Å². The lowest BCUT2D eigenvalue weighted by atomic mass is 9.79. The summed E-state index contributed by atoms with van der Waals surface area (Å²) in [5.41, 5.74) is 0.413. The zero-order chi connectivity index (χ0) is 12.8. The van der Waals surface area contributed by atoms with Crippen LogP contribution in [0.4, 0.5) is 0 Å². The number of nitrogens with one attached hydrogen (secondary N) is 1. The van der Waals surface area contributed by atoms with E-state index in [9.17, 15) is 0 Å². The predicted molar refractivity (Wildman–Crippen MR) is 75.9 cm³/mol. The Kier molecular flexibility index (Phi) is 5.46. The first-order chi connectivity index (χ1) is 8.79. The molecule has 0 bridgehead atoms. The molecular weight excluding hydrogens is 224 g/mol. The van der Waals surface area contributed by atoms with Gasteiger partial charge in [0, 0.05) is 25.1 Å². The average molecular weight is 254 g/mol. The van der Waals surface area contributed by atoms with Crippen molar-refractivity contribution in [3.8, 4) is 0 Å². The van der Waals surface area contributed by atoms with Crippen molar-refractivity contribution in [2.45, 2.75) is 51.5 Å². The van der Waals surface area contributed by atoms with Gasteiger partial charge in [-0.25, -0.2) is 0 Å². The molecule has 0 aromatic heterocycles. The molecule has 18 heavy (non-hydrogen) atoms. The van der Waals surface area contributed by atoms with Crippen molar-refractivity contribution in [3.05, 3.63) is 0 Å². The van der Waals surface area contributed by atoms with Gasteiger partial charge in [-0.05, 0) is 51.7 Å². The first-order valence-corrected chi connectivity index (χ1v) is 7.73. The summed E-state index contributed by atoms with van der Waals surface area (Å²) in [5.74, 6) is 0. The molecule has 1 N–H and O–H groups in total. The topological polar surface area (TPSA) is 24.5 Å². The van der Waals surface area contributed by atoms with Crippen molar-refractivity contribution in [1.29, 1.82) is 0 Å². The molecule has 0 radical (unpaired) electrons. The second kappa shape index (κ2) is 6.88. The van der Waals surface area contributed by atoms with Gasteiger partial charge in [-0.1, -0.05) is 13.3 Å². The van der Waals surface area contributed by atoms with Gasteiger partial charge in [0.25, 0.3) is 0 Å². The summed E-state index contributed by atoms with van der Waals surface area (Å²) in [6.07, 6.45) is 8.04. The number of hydrogen-bond donors (Lipinski definition) is 1. The van der Waals surface area contributed by atoms with E-state index >= 15 is 0 Å². The maximum absolute atomic E-state index is 5.54. The third kappa shape index (κ3) is 3.94. The molecule has 3 heteroatoms. The molecule has 0 aromatic carbocycles. The summed E-state index contributed by atoms with van der Waals surface area (Å²) in [5, 5.41) is 3.49. The standard InChI is InChI=1S/C15H30N2O/c1-3-4-11-17(14-5-6-14)12-15(13-18-2)7-9-16-10-8-15/h14,16H,3-13H2,1-2H3. The molecule has 2 rings (SSSR count). The van der Waals surface area contributed by atoms with E-state index < -0.39 is 0 Å². The Morgan fingerprint density at radius 1 is 1.28 bits per heavy atom. The Labute approximate surface area is 112 Å². The lowest BCUT2D eigenvalue weighted by Gasteiger charge is -2.41. The summed E-state index contributed by atoms with van der Waals surface area (Å²) in [7, 11) is 1.86. The minimum Gasteiger partial charge on any atom is -0.384 e. The quantitative estimate of drug-likeness (QED) is 0.719. The molecule has 0 atom stereocenters. The summed E-state index contributed by atoms with van der Waals surface area (Å²) >= 11 is 0. The van der Waals surface area contributed by atoms with Crippen LogP contribution >= 0.6 is 0 Å². The number of nitrogens with zero attached hydrogens (tertiary/aromatic N) is 1. The molecule has 1 saturated carbocycles. The van der Waals surface area contributed by atoms with E-state index in [-0.39, 0.29) is 0 Å². The molecular formula is C15H30N2O. The van der Waals surface area contributed by atoms with Crippen LogP contribution in [-0.2, 0) is 4.74 Å². The van der Waals surface area contributed by atoms with Gasteiger partial charge in [0.1, 0.15) is 0 Å². The molecule has 3 nitrogen and oxygen atoms in total. The van der Waals surface area contributed by atoms with Crippen LogP contribution < -0.4 is 5.32 Å². The normalized spacial score (nSPS) is 23.5. The van der Waals surface area contributed by atoms with Gasteiger partial charge in [-0.15, -0.1) is 0 Å². The lowest BCUT2D eigenvalue weighted by molar-refractivity contribution is 0.0197. The molecule has 106 valence electrons. The first-order valence-electron chi connectivity index (χ1n) is 7.73. The van der Waals surface area contributed by atoms with Crippen LogP contribution in [0.15, 0.2) is 0 Å². The van der Waals surface area contributed by atoms with Crippen LogP contribution in [0.5, 0.6) is 0 Å². The zero-order valence-electron chi connectivity index (χ0n) is 12.2. The molecule has 1 aliphatic carbocycles. The number of rotatable bonds is 8. The number of ether oxygens (including phenoxy) is 1. The molecule has 1 heterocycles. The highest BCUT2D eigenvalue weighted by Crippen LogP contribution is 2.35. The third-order valence-electron chi connectivity index (χ3n) is 4.52. The average Bonchev–Trinajstić information content (AvgIpc) is 3.20. The summed E-state index contributed by atoms with van der Waals surface area (Å²) in [4.78, 5) is 2.76. The molecule has 1 aliphatic heterocycles. The molecule has 2 fully saturated rings. The Balaban J connectivity index is 1.91. The van der Waals surface area contributed by atoms with Crippen LogP contribution in [0.25, 0.3) is 0 Å². The monoisotopic (exact) mass is 254 g/mol. The SMILES string of the molecule is CCCCN(CC1(COC)CCNCC1)C1CC1. The molecule has 0 spiro atoms. The van der Waals surface area contributed by atoms with E-state index in [0.717, 1.165) is 25.7 Å². The van der Waals surface area contributed by atoms with Gasteiger partial charge in [0.2, 0.25) is 0 Å². The number of unbranched alkanes of at least 4 members (excludes halogenated alkanes) is 1. The van der Waals surface area contributed by atoms with Gasteiger partial charge < -0.3 is 10.1 Å². The van der Waals surface area contributed by atoms with Gasteiger partial charge >= 0.3 is 0 Å². The van der Waals surface area contributed by atoms with Crippen molar-refractivity contribution < 1.29 is 4.74 Å². The largest absolute Gasteiger partial charge is 0.384 e. The van der Waals surface area contributed by atoms with Crippen molar-refractivity contribution in [2.24, 2.45) is 5.41 Å². The Hall–Kier alpha value is -0.120. The van der Waals surface area contributed by atoms with Crippen LogP contribution in [-0.4, -0.2) is 50.8 Å². The number of methoxy groups -OCH3 is 1. The van der Waals surface area contributed by atoms with Gasteiger partial charge in [-0.2, -0.15) is 0 Å². The second-order valence-electron chi connectivity index (χ2n) is 6.24.